The molecule has 1 saturated heterocycles. The van der Waals surface area contributed by atoms with Crippen LogP contribution < -0.4 is 10.6 Å². The molecule has 0 unspecified atom stereocenters. The zero-order valence-corrected chi connectivity index (χ0v) is 9.98. The molecule has 2 rings (SSSR count). The zero-order valence-electron chi connectivity index (χ0n) is 7.58. The second kappa shape index (κ2) is 4.12. The van der Waals surface area contributed by atoms with Gasteiger partial charge in [0.15, 0.2) is 5.11 Å². The molecule has 3 nitrogen and oxygen atoms in total. The Hall–Kier alpha value is -1.20. The predicted molar refractivity (Wildman–Crippen MR) is 66.0 cm³/mol. The SMILES string of the molecule is O=C1NC(=S)NC1=Cc1ccc(Br)cc1. The number of thiocarbonyl (C=S) groups is 1. The molecular weight excluding hydrogens is 276 g/mol. The van der Waals surface area contributed by atoms with Crippen LogP contribution in [0.25, 0.3) is 6.08 Å². The lowest BCUT2D eigenvalue weighted by molar-refractivity contribution is -0.115. The van der Waals surface area contributed by atoms with Gasteiger partial charge in [0.05, 0.1) is 0 Å². The van der Waals surface area contributed by atoms with E-state index in [2.05, 4.69) is 26.6 Å². The van der Waals surface area contributed by atoms with Crippen LogP contribution in [0.2, 0.25) is 0 Å². The molecule has 1 fully saturated rings. The van der Waals surface area contributed by atoms with Crippen LogP contribution in [0.5, 0.6) is 0 Å². The summed E-state index contributed by atoms with van der Waals surface area (Å²) in [5, 5.41) is 5.64. The Labute approximate surface area is 101 Å². The number of benzene rings is 1. The smallest absolute Gasteiger partial charge is 0.273 e. The highest BCUT2D eigenvalue weighted by Crippen LogP contribution is 2.13. The Balaban J connectivity index is 2.27. The molecule has 15 heavy (non-hydrogen) atoms. The fraction of sp³-hybridized carbons (Fsp3) is 0. The molecule has 0 bridgehead atoms. The van der Waals surface area contributed by atoms with E-state index in [4.69, 9.17) is 12.2 Å². The van der Waals surface area contributed by atoms with Crippen LogP contribution in [0.3, 0.4) is 0 Å². The van der Waals surface area contributed by atoms with Crippen molar-refractivity contribution >= 4 is 45.2 Å². The average molecular weight is 283 g/mol. The van der Waals surface area contributed by atoms with Crippen molar-refractivity contribution in [3.63, 3.8) is 0 Å². The van der Waals surface area contributed by atoms with Gasteiger partial charge in [0.25, 0.3) is 5.91 Å². The van der Waals surface area contributed by atoms with E-state index in [1.54, 1.807) is 6.08 Å². The van der Waals surface area contributed by atoms with Gasteiger partial charge in [-0.05, 0) is 36.0 Å². The molecular formula is C10H7BrN2OS. The topological polar surface area (TPSA) is 41.1 Å². The minimum absolute atomic E-state index is 0.192. The Morgan fingerprint density at radius 1 is 1.20 bits per heavy atom. The van der Waals surface area contributed by atoms with Crippen molar-refractivity contribution in [2.75, 3.05) is 0 Å². The maximum absolute atomic E-state index is 11.3. The standard InChI is InChI=1S/C10H7BrN2OS/c11-7-3-1-6(2-4-7)5-8-9(14)13-10(15)12-8/h1-5H,(H2,12,13,14,15). The molecule has 1 aromatic rings. The summed E-state index contributed by atoms with van der Waals surface area (Å²) in [6.07, 6.45) is 1.75. The lowest BCUT2D eigenvalue weighted by Gasteiger charge is -1.96. The van der Waals surface area contributed by atoms with E-state index in [1.165, 1.54) is 0 Å². The fourth-order valence-electron chi connectivity index (χ4n) is 1.21. The number of carbonyl (C=O) groups is 1. The van der Waals surface area contributed by atoms with Crippen LogP contribution in [-0.4, -0.2) is 11.0 Å². The average Bonchev–Trinajstić information content (AvgIpc) is 2.49. The van der Waals surface area contributed by atoms with Crippen molar-refractivity contribution in [3.05, 3.63) is 40.0 Å². The summed E-state index contributed by atoms with van der Waals surface area (Å²) < 4.78 is 1.00. The molecule has 5 heteroatoms. The molecule has 1 aliphatic rings. The zero-order chi connectivity index (χ0) is 10.8. The minimum Gasteiger partial charge on any atom is -0.328 e. The second-order valence-corrected chi connectivity index (χ2v) is 4.34. The number of hydrogen-bond donors (Lipinski definition) is 2. The molecule has 0 atom stereocenters. The summed E-state index contributed by atoms with van der Waals surface area (Å²) in [6, 6.07) is 7.65. The van der Waals surface area contributed by atoms with Gasteiger partial charge >= 0.3 is 0 Å². The molecule has 0 saturated carbocycles. The van der Waals surface area contributed by atoms with E-state index >= 15 is 0 Å². The molecule has 1 amide bonds. The third-order valence-electron chi connectivity index (χ3n) is 1.90. The van der Waals surface area contributed by atoms with Crippen LogP contribution in [-0.2, 0) is 4.79 Å². The number of hydrogen-bond acceptors (Lipinski definition) is 2. The number of halogens is 1. The lowest BCUT2D eigenvalue weighted by Crippen LogP contribution is -2.21. The molecule has 0 radical (unpaired) electrons. The quantitative estimate of drug-likeness (QED) is 0.610. The first-order chi connectivity index (χ1) is 7.15. The van der Waals surface area contributed by atoms with E-state index in [0.29, 0.717) is 10.8 Å². The highest BCUT2D eigenvalue weighted by atomic mass is 79.9. The Morgan fingerprint density at radius 2 is 1.87 bits per heavy atom. The molecule has 1 aliphatic heterocycles. The van der Waals surface area contributed by atoms with Gasteiger partial charge in [-0.1, -0.05) is 28.1 Å². The van der Waals surface area contributed by atoms with Gasteiger partial charge in [-0.2, -0.15) is 0 Å². The van der Waals surface area contributed by atoms with E-state index in [0.717, 1.165) is 10.0 Å². The highest BCUT2D eigenvalue weighted by molar-refractivity contribution is 9.10. The van der Waals surface area contributed by atoms with Gasteiger partial charge in [0.2, 0.25) is 0 Å². The second-order valence-electron chi connectivity index (χ2n) is 3.02. The summed E-state index contributed by atoms with van der Waals surface area (Å²) in [6.45, 7) is 0. The number of carbonyl (C=O) groups excluding carboxylic acids is 1. The van der Waals surface area contributed by atoms with E-state index in [1.807, 2.05) is 24.3 Å². The summed E-state index contributed by atoms with van der Waals surface area (Å²) in [5.74, 6) is -0.192. The third kappa shape index (κ3) is 2.43. The van der Waals surface area contributed by atoms with Crippen molar-refractivity contribution in [1.82, 2.24) is 10.6 Å². The molecule has 0 aromatic heterocycles. The van der Waals surface area contributed by atoms with Crippen LogP contribution >= 0.6 is 28.1 Å². The fourth-order valence-corrected chi connectivity index (χ4v) is 1.68. The van der Waals surface area contributed by atoms with Crippen molar-refractivity contribution in [2.45, 2.75) is 0 Å². The van der Waals surface area contributed by atoms with E-state index in [-0.39, 0.29) is 5.91 Å². The molecule has 0 spiro atoms. The maximum Gasteiger partial charge on any atom is 0.273 e. The van der Waals surface area contributed by atoms with Gasteiger partial charge in [0, 0.05) is 4.47 Å². The van der Waals surface area contributed by atoms with Crippen LogP contribution in [0, 0.1) is 0 Å². The number of nitrogens with one attached hydrogen (secondary N) is 2. The first-order valence-corrected chi connectivity index (χ1v) is 5.45. The van der Waals surface area contributed by atoms with Gasteiger partial charge < -0.3 is 5.32 Å². The summed E-state index contributed by atoms with van der Waals surface area (Å²) in [5.41, 5.74) is 1.42. The summed E-state index contributed by atoms with van der Waals surface area (Å²) >= 11 is 8.16. The number of rotatable bonds is 1. The monoisotopic (exact) mass is 282 g/mol. The summed E-state index contributed by atoms with van der Waals surface area (Å²) in [7, 11) is 0. The van der Waals surface area contributed by atoms with E-state index in [9.17, 15) is 4.79 Å². The normalized spacial score (nSPS) is 17.8. The van der Waals surface area contributed by atoms with Crippen molar-refractivity contribution < 1.29 is 4.79 Å². The Bertz CT molecular complexity index is 453. The highest BCUT2D eigenvalue weighted by Gasteiger charge is 2.19. The van der Waals surface area contributed by atoms with E-state index < -0.39 is 0 Å². The van der Waals surface area contributed by atoms with Crippen LogP contribution in [0.15, 0.2) is 34.4 Å². The molecule has 1 aromatic carbocycles. The van der Waals surface area contributed by atoms with Gasteiger partial charge in [-0.25, -0.2) is 0 Å². The Kier molecular flexibility index (Phi) is 2.83. The first kappa shape index (κ1) is 10.3. The van der Waals surface area contributed by atoms with Crippen LogP contribution in [0.4, 0.5) is 0 Å². The largest absolute Gasteiger partial charge is 0.328 e. The minimum atomic E-state index is -0.192. The van der Waals surface area contributed by atoms with Gasteiger partial charge in [-0.3, -0.25) is 10.1 Å². The van der Waals surface area contributed by atoms with Gasteiger partial charge in [0.1, 0.15) is 5.70 Å². The molecule has 0 aliphatic carbocycles. The predicted octanol–water partition coefficient (Wildman–Crippen LogP) is 1.79. The molecule has 2 N–H and O–H groups in total. The van der Waals surface area contributed by atoms with Crippen molar-refractivity contribution in [1.29, 1.82) is 0 Å². The van der Waals surface area contributed by atoms with Crippen molar-refractivity contribution in [2.24, 2.45) is 0 Å². The van der Waals surface area contributed by atoms with Gasteiger partial charge in [-0.15, -0.1) is 0 Å². The lowest BCUT2D eigenvalue weighted by atomic mass is 10.2. The van der Waals surface area contributed by atoms with Crippen LogP contribution in [0.1, 0.15) is 5.56 Å². The molecule has 76 valence electrons. The Morgan fingerprint density at radius 3 is 2.40 bits per heavy atom. The number of amides is 1. The summed E-state index contributed by atoms with van der Waals surface area (Å²) in [4.78, 5) is 11.3. The van der Waals surface area contributed by atoms with Crippen molar-refractivity contribution in [3.8, 4) is 0 Å². The maximum atomic E-state index is 11.3. The first-order valence-electron chi connectivity index (χ1n) is 4.25. The third-order valence-corrected chi connectivity index (χ3v) is 2.63. The molecule has 1 heterocycles.